The molecule has 0 radical (unpaired) electrons. The molecule has 0 aromatic heterocycles. The predicted molar refractivity (Wildman–Crippen MR) is 247 cm³/mol. The van der Waals surface area contributed by atoms with E-state index in [9.17, 15) is 0 Å². The van der Waals surface area contributed by atoms with Crippen LogP contribution in [0.25, 0.3) is 60.1 Å². The quantitative estimate of drug-likeness (QED) is 0.156. The Morgan fingerprint density at radius 1 is 0.517 bits per heavy atom. The van der Waals surface area contributed by atoms with E-state index in [1.54, 1.807) is 0 Å². The van der Waals surface area contributed by atoms with Crippen molar-refractivity contribution in [2.45, 2.75) is 45.1 Å². The number of allylic oxidation sites excluding steroid dienone is 6. The van der Waals surface area contributed by atoms with Crippen molar-refractivity contribution >= 4 is 43.6 Å². The molecule has 0 saturated heterocycles. The fourth-order valence-electron chi connectivity index (χ4n) is 10.2. The fourth-order valence-corrected chi connectivity index (χ4v) is 10.2. The molecule has 8 aromatic rings. The zero-order valence-electron chi connectivity index (χ0n) is 33.1. The van der Waals surface area contributed by atoms with Crippen molar-refractivity contribution in [1.29, 1.82) is 0 Å². The zero-order chi connectivity index (χ0) is 38.7. The molecule has 3 unspecified atom stereocenters. The summed E-state index contributed by atoms with van der Waals surface area (Å²) in [4.78, 5) is 5.75. The van der Waals surface area contributed by atoms with Crippen molar-refractivity contribution in [2.75, 3.05) is 0 Å². The van der Waals surface area contributed by atoms with Gasteiger partial charge in [-0.3, -0.25) is 4.99 Å². The summed E-state index contributed by atoms with van der Waals surface area (Å²) in [6.45, 7) is 4.69. The highest BCUT2D eigenvalue weighted by Crippen LogP contribution is 2.46. The van der Waals surface area contributed by atoms with Crippen molar-refractivity contribution in [3.63, 3.8) is 0 Å². The van der Waals surface area contributed by atoms with Crippen LogP contribution >= 0.6 is 0 Å². The first kappa shape index (κ1) is 34.7. The maximum absolute atomic E-state index is 5.75. The van der Waals surface area contributed by atoms with Crippen LogP contribution in [-0.2, 0) is 6.42 Å². The summed E-state index contributed by atoms with van der Waals surface area (Å²) in [6, 6.07) is 59.3. The van der Waals surface area contributed by atoms with Gasteiger partial charge in [0, 0.05) is 5.92 Å². The van der Waals surface area contributed by atoms with Gasteiger partial charge in [-0.2, -0.15) is 0 Å². The van der Waals surface area contributed by atoms with E-state index in [1.165, 1.54) is 99.1 Å². The molecule has 3 aliphatic rings. The molecule has 0 amide bonds. The SMILES string of the molecule is CC1=C(c2ccc(C3C=CC=CC3)cc2)CC(C)C(c2ccc3c(c2)c2ccccc2c2cccc(-c4ccc5c(c4)-c4ccccc4C5)c23)N=C1c1ccccc1. The molecule has 1 heteroatoms. The Hall–Kier alpha value is -6.57. The Balaban J connectivity index is 1.05. The lowest BCUT2D eigenvalue weighted by molar-refractivity contribution is 0.487. The van der Waals surface area contributed by atoms with Crippen LogP contribution in [0, 0.1) is 5.92 Å². The third kappa shape index (κ3) is 5.80. The molecule has 0 saturated carbocycles. The molecule has 1 heterocycles. The Kier molecular flexibility index (Phi) is 8.44. The third-order valence-corrected chi connectivity index (χ3v) is 13.2. The molecule has 2 aliphatic carbocycles. The fraction of sp³-hybridized carbons (Fsp3) is 0.140. The molecule has 0 N–H and O–H groups in total. The van der Waals surface area contributed by atoms with Crippen LogP contribution in [0.2, 0.25) is 0 Å². The molecule has 0 bridgehead atoms. The lowest BCUT2D eigenvalue weighted by Crippen LogP contribution is -2.09. The highest BCUT2D eigenvalue weighted by atomic mass is 14.8. The summed E-state index contributed by atoms with van der Waals surface area (Å²) in [7, 11) is 0. The van der Waals surface area contributed by atoms with Gasteiger partial charge in [0.25, 0.3) is 0 Å². The van der Waals surface area contributed by atoms with Crippen LogP contribution in [0.15, 0.2) is 193 Å². The van der Waals surface area contributed by atoms with Crippen LogP contribution in [0.4, 0.5) is 0 Å². The minimum Gasteiger partial charge on any atom is -0.276 e. The number of aliphatic imine (C=N–C) groups is 1. The van der Waals surface area contributed by atoms with Gasteiger partial charge >= 0.3 is 0 Å². The van der Waals surface area contributed by atoms with E-state index in [2.05, 4.69) is 196 Å². The summed E-state index contributed by atoms with van der Waals surface area (Å²) in [5, 5.41) is 7.78. The van der Waals surface area contributed by atoms with E-state index < -0.39 is 0 Å². The van der Waals surface area contributed by atoms with Gasteiger partial charge in [0.05, 0.1) is 11.8 Å². The maximum Gasteiger partial charge on any atom is 0.0785 e. The van der Waals surface area contributed by atoms with E-state index >= 15 is 0 Å². The van der Waals surface area contributed by atoms with Crippen LogP contribution in [0.5, 0.6) is 0 Å². The molecule has 278 valence electrons. The minimum atomic E-state index is -0.00743. The topological polar surface area (TPSA) is 12.4 Å². The van der Waals surface area contributed by atoms with Gasteiger partial charge in [-0.05, 0) is 143 Å². The van der Waals surface area contributed by atoms with Crippen LogP contribution in [-0.4, -0.2) is 5.71 Å². The van der Waals surface area contributed by atoms with E-state index in [4.69, 9.17) is 4.99 Å². The third-order valence-electron chi connectivity index (χ3n) is 13.2. The Labute approximate surface area is 341 Å². The van der Waals surface area contributed by atoms with E-state index in [0.29, 0.717) is 5.92 Å². The summed E-state index contributed by atoms with van der Waals surface area (Å²) in [5.74, 6) is 0.724. The Bertz CT molecular complexity index is 3050. The smallest absolute Gasteiger partial charge is 0.0785 e. The van der Waals surface area contributed by atoms with Crippen molar-refractivity contribution in [2.24, 2.45) is 10.9 Å². The van der Waals surface area contributed by atoms with E-state index in [1.807, 2.05) is 0 Å². The van der Waals surface area contributed by atoms with Crippen molar-refractivity contribution in [1.82, 2.24) is 0 Å². The largest absolute Gasteiger partial charge is 0.276 e. The number of benzene rings is 8. The van der Waals surface area contributed by atoms with E-state index in [0.717, 1.165) is 25.0 Å². The highest BCUT2D eigenvalue weighted by Gasteiger charge is 2.28. The second-order valence-electron chi connectivity index (χ2n) is 16.6. The highest BCUT2D eigenvalue weighted by molar-refractivity contribution is 6.28. The molecule has 8 aromatic carbocycles. The number of rotatable bonds is 5. The van der Waals surface area contributed by atoms with Gasteiger partial charge in [-0.1, -0.05) is 177 Å². The molecular weight excluding hydrogens is 699 g/mol. The summed E-state index contributed by atoms with van der Waals surface area (Å²) < 4.78 is 0. The molecule has 1 nitrogen and oxygen atoms in total. The second kappa shape index (κ2) is 14.1. The Morgan fingerprint density at radius 2 is 1.21 bits per heavy atom. The van der Waals surface area contributed by atoms with Crippen molar-refractivity contribution in [3.05, 3.63) is 221 Å². The zero-order valence-corrected chi connectivity index (χ0v) is 33.1. The average molecular weight is 744 g/mol. The number of nitrogens with zero attached hydrogens (tertiary/aromatic N) is 1. The number of hydrogen-bond donors (Lipinski definition) is 0. The van der Waals surface area contributed by atoms with Gasteiger partial charge in [0.1, 0.15) is 0 Å². The lowest BCUT2D eigenvalue weighted by atomic mass is 9.84. The van der Waals surface area contributed by atoms with Crippen LogP contribution in [0.3, 0.4) is 0 Å². The molecule has 3 atom stereocenters. The molecule has 58 heavy (non-hydrogen) atoms. The standard InChI is InChI=1S/C57H45N/c1-36-32-52(40-26-24-39(25-27-40)38-14-5-3-6-15-38)37(2)57(41-16-7-4-8-17-41)58-56(36)45-30-31-51-54(35-45)49-21-12-11-20-48(49)50-23-13-22-47(55(50)51)44-29-28-43-33-42-18-9-10-19-46(42)53(43)34-44/h3-14,16-31,34-36,38,56H,15,32-33H2,1-2H3. The number of hydrogen-bond acceptors (Lipinski definition) is 1. The lowest BCUT2D eigenvalue weighted by Gasteiger charge is -2.22. The Morgan fingerprint density at radius 3 is 2.03 bits per heavy atom. The first-order chi connectivity index (χ1) is 28.6. The van der Waals surface area contributed by atoms with Crippen LogP contribution in [0.1, 0.15) is 72.0 Å². The average Bonchev–Trinajstić information content (AvgIpc) is 3.60. The predicted octanol–water partition coefficient (Wildman–Crippen LogP) is 15.0. The number of fused-ring (bicyclic) bond motifs is 9. The monoisotopic (exact) mass is 743 g/mol. The molecule has 11 rings (SSSR count). The van der Waals surface area contributed by atoms with E-state index in [-0.39, 0.29) is 12.0 Å². The first-order valence-corrected chi connectivity index (χ1v) is 20.9. The maximum atomic E-state index is 5.75. The summed E-state index contributed by atoms with van der Waals surface area (Å²) in [5.41, 5.74) is 17.0. The minimum absolute atomic E-state index is 0.00743. The van der Waals surface area contributed by atoms with Crippen molar-refractivity contribution < 1.29 is 0 Å². The molecule has 0 spiro atoms. The van der Waals surface area contributed by atoms with Gasteiger partial charge in [-0.15, -0.1) is 0 Å². The summed E-state index contributed by atoms with van der Waals surface area (Å²) in [6.07, 6.45) is 11.9. The van der Waals surface area contributed by atoms with Gasteiger partial charge in [-0.25, -0.2) is 0 Å². The normalized spacial score (nSPS) is 18.7. The van der Waals surface area contributed by atoms with Gasteiger partial charge in [0.15, 0.2) is 0 Å². The first-order valence-electron chi connectivity index (χ1n) is 20.9. The second-order valence-corrected chi connectivity index (χ2v) is 16.6. The molecule has 1 aliphatic heterocycles. The van der Waals surface area contributed by atoms with Gasteiger partial charge in [0.2, 0.25) is 0 Å². The molecular formula is C57H45N. The summed E-state index contributed by atoms with van der Waals surface area (Å²) >= 11 is 0. The van der Waals surface area contributed by atoms with Crippen molar-refractivity contribution in [3.8, 4) is 22.3 Å². The van der Waals surface area contributed by atoms with Gasteiger partial charge < -0.3 is 0 Å². The van der Waals surface area contributed by atoms with Crippen LogP contribution < -0.4 is 0 Å². The molecule has 0 fully saturated rings.